The van der Waals surface area contributed by atoms with Gasteiger partial charge in [-0.2, -0.15) is 5.26 Å². The number of hydrogen-bond acceptors (Lipinski definition) is 9. The fraction of sp³-hybridized carbons (Fsp3) is 0.273. The zero-order valence-corrected chi connectivity index (χ0v) is 12.1. The van der Waals surface area contributed by atoms with Crippen LogP contribution < -0.4 is 5.32 Å². The van der Waals surface area contributed by atoms with Gasteiger partial charge in [0.15, 0.2) is 4.34 Å². The first-order chi connectivity index (χ1) is 10.2. The number of nitrogens with one attached hydrogen (secondary N) is 1. The summed E-state index contributed by atoms with van der Waals surface area (Å²) in [6.07, 6.45) is 2.30. The van der Waals surface area contributed by atoms with Crippen LogP contribution in [0.3, 0.4) is 0 Å². The maximum Gasteiger partial charge on any atom is 0.305 e. The molecule has 1 fully saturated rings. The summed E-state index contributed by atoms with van der Waals surface area (Å²) in [5, 5.41) is 32.2. The lowest BCUT2D eigenvalue weighted by Crippen LogP contribution is -1.99. The van der Waals surface area contributed by atoms with E-state index in [1.54, 1.807) is 6.07 Å². The number of nitrogens with zero attached hydrogens (tertiary/aromatic N) is 5. The molecule has 0 bridgehead atoms. The van der Waals surface area contributed by atoms with Gasteiger partial charge in [-0.25, -0.2) is 4.98 Å². The molecule has 0 saturated heterocycles. The molecular weight excluding hydrogens is 312 g/mol. The molecule has 1 saturated carbocycles. The summed E-state index contributed by atoms with van der Waals surface area (Å²) in [6.45, 7) is 0. The van der Waals surface area contributed by atoms with E-state index in [0.717, 1.165) is 18.0 Å². The van der Waals surface area contributed by atoms with Crippen LogP contribution in [0.2, 0.25) is 0 Å². The fourth-order valence-corrected chi connectivity index (χ4v) is 3.27. The normalized spacial score (nSPS) is 13.7. The maximum absolute atomic E-state index is 10.7. The highest BCUT2D eigenvalue weighted by Gasteiger charge is 2.22. The first kappa shape index (κ1) is 13.7. The highest BCUT2D eigenvalue weighted by Crippen LogP contribution is 2.34. The van der Waals surface area contributed by atoms with Gasteiger partial charge in [-0.3, -0.25) is 10.1 Å². The largest absolute Gasteiger partial charge is 0.357 e. The highest BCUT2D eigenvalue weighted by molar-refractivity contribution is 8.01. The molecule has 0 unspecified atom stereocenters. The van der Waals surface area contributed by atoms with Gasteiger partial charge in [0.05, 0.1) is 4.92 Å². The predicted octanol–water partition coefficient (Wildman–Crippen LogP) is 2.44. The van der Waals surface area contributed by atoms with Crippen LogP contribution >= 0.6 is 23.1 Å². The summed E-state index contributed by atoms with van der Waals surface area (Å²) in [7, 11) is 0. The smallest absolute Gasteiger partial charge is 0.305 e. The van der Waals surface area contributed by atoms with Gasteiger partial charge >= 0.3 is 5.69 Å². The van der Waals surface area contributed by atoms with E-state index < -0.39 is 4.92 Å². The Kier molecular flexibility index (Phi) is 3.68. The monoisotopic (exact) mass is 320 g/mol. The standard InChI is InChI=1S/C11H8N6O2S2/c12-5-7-8(17(18)19)3-4-9(14-7)20-11-16-15-10(21-11)13-6-1-2-6/h3-4,6H,1-2H2,(H,13,15). The molecule has 0 aromatic carbocycles. The van der Waals surface area contributed by atoms with Gasteiger partial charge in [0, 0.05) is 12.1 Å². The Morgan fingerprint density at radius 3 is 2.95 bits per heavy atom. The molecule has 2 aromatic heterocycles. The summed E-state index contributed by atoms with van der Waals surface area (Å²) in [4.78, 5) is 14.1. The average Bonchev–Trinajstić information content (AvgIpc) is 3.17. The van der Waals surface area contributed by atoms with E-state index in [9.17, 15) is 10.1 Å². The quantitative estimate of drug-likeness (QED) is 0.659. The van der Waals surface area contributed by atoms with Crippen molar-refractivity contribution in [2.24, 2.45) is 0 Å². The minimum atomic E-state index is -0.622. The summed E-state index contributed by atoms with van der Waals surface area (Å²) in [5.74, 6) is 0. The van der Waals surface area contributed by atoms with Crippen LogP contribution in [0.15, 0.2) is 21.5 Å². The summed E-state index contributed by atoms with van der Waals surface area (Å²) < 4.78 is 0.670. The molecule has 2 aromatic rings. The van der Waals surface area contributed by atoms with E-state index in [-0.39, 0.29) is 11.4 Å². The number of nitro groups is 1. The first-order valence-corrected chi connectivity index (χ1v) is 7.62. The Labute approximate surface area is 127 Å². The lowest BCUT2D eigenvalue weighted by molar-refractivity contribution is -0.385. The molecule has 8 nitrogen and oxygen atoms in total. The average molecular weight is 320 g/mol. The number of aromatic nitrogens is 3. The minimum Gasteiger partial charge on any atom is -0.357 e. The van der Waals surface area contributed by atoms with E-state index in [4.69, 9.17) is 5.26 Å². The third-order valence-corrected chi connectivity index (χ3v) is 4.50. The van der Waals surface area contributed by atoms with Crippen molar-refractivity contribution in [1.29, 1.82) is 5.26 Å². The zero-order valence-electron chi connectivity index (χ0n) is 10.5. The Balaban J connectivity index is 1.76. The van der Waals surface area contributed by atoms with Crippen molar-refractivity contribution >= 4 is 33.9 Å². The molecule has 3 rings (SSSR count). The van der Waals surface area contributed by atoms with Crippen molar-refractivity contribution in [2.45, 2.75) is 28.2 Å². The Bertz CT molecular complexity index is 737. The predicted molar refractivity (Wildman–Crippen MR) is 76.3 cm³/mol. The third kappa shape index (κ3) is 3.26. The summed E-state index contributed by atoms with van der Waals surface area (Å²) in [5.41, 5.74) is -0.499. The van der Waals surface area contributed by atoms with E-state index in [1.165, 1.54) is 35.2 Å². The molecule has 0 amide bonds. The molecule has 0 spiro atoms. The van der Waals surface area contributed by atoms with Gasteiger partial charge in [0.25, 0.3) is 0 Å². The van der Waals surface area contributed by atoms with Crippen LogP contribution in [0.4, 0.5) is 10.8 Å². The van der Waals surface area contributed by atoms with Crippen molar-refractivity contribution in [3.63, 3.8) is 0 Å². The minimum absolute atomic E-state index is 0.203. The van der Waals surface area contributed by atoms with Crippen LogP contribution in [0, 0.1) is 21.4 Å². The molecule has 1 aliphatic carbocycles. The van der Waals surface area contributed by atoms with Gasteiger partial charge in [0.2, 0.25) is 10.8 Å². The third-order valence-electron chi connectivity index (χ3n) is 2.65. The molecule has 2 heterocycles. The zero-order chi connectivity index (χ0) is 14.8. The van der Waals surface area contributed by atoms with Crippen LogP contribution in [0.25, 0.3) is 0 Å². The van der Waals surface area contributed by atoms with Crippen LogP contribution in [0.5, 0.6) is 0 Å². The Hall–Kier alpha value is -2.25. The highest BCUT2D eigenvalue weighted by atomic mass is 32.2. The van der Waals surface area contributed by atoms with Gasteiger partial charge in [-0.05, 0) is 30.7 Å². The molecule has 1 aliphatic rings. The van der Waals surface area contributed by atoms with Crippen LogP contribution in [-0.2, 0) is 0 Å². The Morgan fingerprint density at radius 2 is 2.29 bits per heavy atom. The summed E-state index contributed by atoms with van der Waals surface area (Å²) >= 11 is 2.62. The number of rotatable bonds is 5. The van der Waals surface area contributed by atoms with Crippen molar-refractivity contribution in [3.8, 4) is 6.07 Å². The second-order valence-corrected chi connectivity index (χ2v) is 6.52. The van der Waals surface area contributed by atoms with E-state index in [1.807, 2.05) is 0 Å². The lowest BCUT2D eigenvalue weighted by atomic mass is 10.3. The number of hydrogen-bond donors (Lipinski definition) is 1. The number of pyridine rings is 1. The number of nitriles is 1. The maximum atomic E-state index is 10.7. The topological polar surface area (TPSA) is 118 Å². The summed E-state index contributed by atoms with van der Waals surface area (Å²) in [6, 6.07) is 5.01. The van der Waals surface area contributed by atoms with Gasteiger partial charge in [-0.15, -0.1) is 10.2 Å². The molecule has 0 aliphatic heterocycles. The first-order valence-electron chi connectivity index (χ1n) is 5.99. The fourth-order valence-electron chi connectivity index (χ4n) is 1.52. The molecule has 10 heteroatoms. The SMILES string of the molecule is N#Cc1nc(Sc2nnc(NC3CC3)s2)ccc1[N+](=O)[O-]. The Morgan fingerprint density at radius 1 is 1.48 bits per heavy atom. The lowest BCUT2D eigenvalue weighted by Gasteiger charge is -1.98. The molecule has 0 radical (unpaired) electrons. The van der Waals surface area contributed by atoms with Crippen LogP contribution in [0.1, 0.15) is 18.5 Å². The molecule has 106 valence electrons. The van der Waals surface area contributed by atoms with Gasteiger partial charge < -0.3 is 5.32 Å². The molecule has 1 N–H and O–H groups in total. The number of anilines is 1. The van der Waals surface area contributed by atoms with Gasteiger partial charge in [-0.1, -0.05) is 11.3 Å². The van der Waals surface area contributed by atoms with Crippen molar-refractivity contribution in [3.05, 3.63) is 27.9 Å². The van der Waals surface area contributed by atoms with E-state index in [2.05, 4.69) is 20.5 Å². The second kappa shape index (κ2) is 5.63. The van der Waals surface area contributed by atoms with Crippen LogP contribution in [-0.4, -0.2) is 26.1 Å². The van der Waals surface area contributed by atoms with Crippen molar-refractivity contribution < 1.29 is 4.92 Å². The molecule has 0 atom stereocenters. The molecule has 21 heavy (non-hydrogen) atoms. The van der Waals surface area contributed by atoms with Gasteiger partial charge in [0.1, 0.15) is 11.1 Å². The van der Waals surface area contributed by atoms with E-state index in [0.29, 0.717) is 15.4 Å². The molecular formula is C11H8N6O2S2. The second-order valence-electron chi connectivity index (χ2n) is 4.28. The van der Waals surface area contributed by atoms with Crippen molar-refractivity contribution in [1.82, 2.24) is 15.2 Å². The van der Waals surface area contributed by atoms with E-state index >= 15 is 0 Å². The van der Waals surface area contributed by atoms with Crippen molar-refractivity contribution in [2.75, 3.05) is 5.32 Å².